The van der Waals surface area contributed by atoms with Crippen molar-refractivity contribution in [1.29, 1.82) is 0 Å². The molecule has 0 amide bonds. The molecule has 3 rings (SSSR count). The Hall–Kier alpha value is -2.49. The van der Waals surface area contributed by atoms with Crippen molar-refractivity contribution in [2.75, 3.05) is 12.3 Å². The Morgan fingerprint density at radius 3 is 2.60 bits per heavy atom. The van der Waals surface area contributed by atoms with Crippen molar-refractivity contribution < 1.29 is 4.74 Å². The highest BCUT2D eigenvalue weighted by Crippen LogP contribution is 2.26. The van der Waals surface area contributed by atoms with E-state index in [0.717, 1.165) is 34.0 Å². The minimum absolute atomic E-state index is 0.673. The number of hydrogen-bond acceptors (Lipinski definition) is 3. The summed E-state index contributed by atoms with van der Waals surface area (Å²) in [5.41, 5.74) is 10.6. The van der Waals surface area contributed by atoms with Gasteiger partial charge in [-0.15, -0.1) is 0 Å². The zero-order valence-electron chi connectivity index (χ0n) is 11.6. The van der Waals surface area contributed by atoms with Crippen molar-refractivity contribution in [2.24, 2.45) is 0 Å². The number of hydrogen-bond donors (Lipinski definition) is 1. The fourth-order valence-corrected chi connectivity index (χ4v) is 2.33. The summed E-state index contributed by atoms with van der Waals surface area (Å²) in [5.74, 6) is 0.877. The molecule has 0 radical (unpaired) electrons. The average Bonchev–Trinajstić information content (AvgIpc) is 2.77. The lowest BCUT2D eigenvalue weighted by atomic mass is 10.1. The van der Waals surface area contributed by atoms with Crippen LogP contribution in [0.5, 0.6) is 5.75 Å². The molecular formula is C16H17N3O. The highest BCUT2D eigenvalue weighted by Gasteiger charge is 2.10. The molecule has 2 heterocycles. The molecule has 0 aliphatic carbocycles. The van der Waals surface area contributed by atoms with E-state index in [0.29, 0.717) is 6.61 Å². The van der Waals surface area contributed by atoms with Gasteiger partial charge in [0, 0.05) is 23.1 Å². The maximum Gasteiger partial charge on any atom is 0.137 e. The second-order valence-corrected chi connectivity index (χ2v) is 4.69. The topological polar surface area (TPSA) is 52.5 Å². The lowest BCUT2D eigenvalue weighted by Gasteiger charge is -2.04. The van der Waals surface area contributed by atoms with Crippen molar-refractivity contribution in [2.45, 2.75) is 13.8 Å². The molecule has 102 valence electrons. The van der Waals surface area contributed by atoms with Crippen LogP contribution in [-0.2, 0) is 0 Å². The van der Waals surface area contributed by atoms with Gasteiger partial charge in [-0.25, -0.2) is 4.98 Å². The van der Waals surface area contributed by atoms with E-state index in [1.165, 1.54) is 0 Å². The molecule has 0 saturated carbocycles. The van der Waals surface area contributed by atoms with Crippen LogP contribution in [-0.4, -0.2) is 16.0 Å². The summed E-state index contributed by atoms with van der Waals surface area (Å²) in [5, 5.41) is 0. The summed E-state index contributed by atoms with van der Waals surface area (Å²) in [6.45, 7) is 4.70. The van der Waals surface area contributed by atoms with Crippen LogP contribution in [0.25, 0.3) is 16.9 Å². The van der Waals surface area contributed by atoms with Crippen LogP contribution in [0.4, 0.5) is 5.69 Å². The average molecular weight is 267 g/mol. The van der Waals surface area contributed by atoms with E-state index in [1.807, 2.05) is 60.8 Å². The number of aromatic nitrogens is 2. The first-order valence-corrected chi connectivity index (χ1v) is 6.66. The van der Waals surface area contributed by atoms with Crippen LogP contribution in [0.1, 0.15) is 12.6 Å². The molecule has 1 aromatic carbocycles. The third-order valence-corrected chi connectivity index (χ3v) is 3.32. The number of imidazole rings is 1. The van der Waals surface area contributed by atoms with E-state index in [2.05, 4.69) is 4.98 Å². The van der Waals surface area contributed by atoms with Crippen molar-refractivity contribution in [3.05, 3.63) is 48.3 Å². The minimum atomic E-state index is 0.673. The van der Waals surface area contributed by atoms with Gasteiger partial charge >= 0.3 is 0 Å². The van der Waals surface area contributed by atoms with Crippen molar-refractivity contribution in [3.8, 4) is 17.0 Å². The van der Waals surface area contributed by atoms with E-state index in [9.17, 15) is 0 Å². The number of anilines is 1. The summed E-state index contributed by atoms with van der Waals surface area (Å²) in [7, 11) is 0. The van der Waals surface area contributed by atoms with Gasteiger partial charge in [-0.05, 0) is 50.2 Å². The second-order valence-electron chi connectivity index (χ2n) is 4.69. The van der Waals surface area contributed by atoms with Crippen LogP contribution in [0.15, 0.2) is 42.6 Å². The third-order valence-electron chi connectivity index (χ3n) is 3.32. The molecule has 4 nitrogen and oxygen atoms in total. The fraction of sp³-hybridized carbons (Fsp3) is 0.188. The second kappa shape index (κ2) is 4.89. The first-order chi connectivity index (χ1) is 9.69. The Kier molecular flexibility index (Phi) is 3.06. The van der Waals surface area contributed by atoms with Crippen LogP contribution in [0.3, 0.4) is 0 Å². The van der Waals surface area contributed by atoms with E-state index in [-0.39, 0.29) is 0 Å². The van der Waals surface area contributed by atoms with Gasteiger partial charge in [-0.2, -0.15) is 0 Å². The molecule has 0 bridgehead atoms. The molecule has 0 saturated heterocycles. The first kappa shape index (κ1) is 12.5. The van der Waals surface area contributed by atoms with Gasteiger partial charge in [0.25, 0.3) is 0 Å². The lowest BCUT2D eigenvalue weighted by molar-refractivity contribution is 0.340. The number of pyridine rings is 1. The van der Waals surface area contributed by atoms with Crippen molar-refractivity contribution >= 4 is 11.3 Å². The predicted molar refractivity (Wildman–Crippen MR) is 80.9 cm³/mol. The monoisotopic (exact) mass is 267 g/mol. The van der Waals surface area contributed by atoms with Crippen LogP contribution >= 0.6 is 0 Å². The molecule has 2 N–H and O–H groups in total. The maximum absolute atomic E-state index is 5.83. The lowest BCUT2D eigenvalue weighted by Crippen LogP contribution is -1.92. The molecule has 0 fully saturated rings. The molecule has 0 unspecified atom stereocenters. The van der Waals surface area contributed by atoms with Gasteiger partial charge in [0.15, 0.2) is 0 Å². The quantitative estimate of drug-likeness (QED) is 0.792. The molecule has 0 aliphatic heterocycles. The van der Waals surface area contributed by atoms with Crippen LogP contribution in [0.2, 0.25) is 0 Å². The predicted octanol–water partition coefficient (Wildman–Crippen LogP) is 3.29. The number of aryl methyl sites for hydroxylation is 1. The standard InChI is InChI=1S/C16H17N3O/c1-3-20-14-7-4-12(5-8-14)16-11(2)19-10-13(17)6-9-15(19)18-16/h4-10H,3,17H2,1-2H3. The zero-order chi connectivity index (χ0) is 14.1. The summed E-state index contributed by atoms with van der Waals surface area (Å²) in [4.78, 5) is 4.67. The normalized spacial score (nSPS) is 10.9. The van der Waals surface area contributed by atoms with Gasteiger partial charge in [-0.3, -0.25) is 0 Å². The molecule has 4 heteroatoms. The highest BCUT2D eigenvalue weighted by atomic mass is 16.5. The Labute approximate surface area is 117 Å². The number of nitrogen functional groups attached to an aromatic ring is 1. The van der Waals surface area contributed by atoms with Crippen LogP contribution < -0.4 is 10.5 Å². The van der Waals surface area contributed by atoms with E-state index in [1.54, 1.807) is 0 Å². The highest BCUT2D eigenvalue weighted by molar-refractivity contribution is 5.67. The third kappa shape index (κ3) is 2.09. The van der Waals surface area contributed by atoms with E-state index < -0.39 is 0 Å². The van der Waals surface area contributed by atoms with E-state index >= 15 is 0 Å². The summed E-state index contributed by atoms with van der Waals surface area (Å²) in [6.07, 6.45) is 1.90. The number of ether oxygens (including phenoxy) is 1. The van der Waals surface area contributed by atoms with Gasteiger partial charge in [0.05, 0.1) is 12.3 Å². The minimum Gasteiger partial charge on any atom is -0.494 e. The van der Waals surface area contributed by atoms with Gasteiger partial charge in [0.2, 0.25) is 0 Å². The van der Waals surface area contributed by atoms with E-state index in [4.69, 9.17) is 10.5 Å². The molecule has 20 heavy (non-hydrogen) atoms. The Morgan fingerprint density at radius 1 is 1.15 bits per heavy atom. The summed E-state index contributed by atoms with van der Waals surface area (Å²) >= 11 is 0. The summed E-state index contributed by atoms with van der Waals surface area (Å²) in [6, 6.07) is 11.8. The smallest absolute Gasteiger partial charge is 0.137 e. The number of benzene rings is 1. The zero-order valence-corrected chi connectivity index (χ0v) is 11.6. The largest absolute Gasteiger partial charge is 0.494 e. The number of nitrogens with two attached hydrogens (primary N) is 1. The van der Waals surface area contributed by atoms with Gasteiger partial charge in [-0.1, -0.05) is 0 Å². The molecule has 2 aromatic heterocycles. The van der Waals surface area contributed by atoms with Crippen molar-refractivity contribution in [3.63, 3.8) is 0 Å². The fourth-order valence-electron chi connectivity index (χ4n) is 2.33. The molecule has 0 atom stereocenters. The summed E-state index contributed by atoms with van der Waals surface area (Å²) < 4.78 is 7.47. The van der Waals surface area contributed by atoms with Crippen LogP contribution in [0, 0.1) is 6.92 Å². The van der Waals surface area contributed by atoms with Gasteiger partial charge < -0.3 is 14.9 Å². The Bertz CT molecular complexity index is 744. The first-order valence-electron chi connectivity index (χ1n) is 6.66. The number of nitrogens with zero attached hydrogens (tertiary/aromatic N) is 2. The Balaban J connectivity index is 2.07. The molecule has 0 spiro atoms. The SMILES string of the molecule is CCOc1ccc(-c2nc3ccc(N)cn3c2C)cc1. The van der Waals surface area contributed by atoms with Crippen molar-refractivity contribution in [1.82, 2.24) is 9.38 Å². The number of fused-ring (bicyclic) bond motifs is 1. The molecular weight excluding hydrogens is 250 g/mol. The maximum atomic E-state index is 5.83. The number of rotatable bonds is 3. The molecule has 3 aromatic rings. The van der Waals surface area contributed by atoms with Gasteiger partial charge in [0.1, 0.15) is 11.4 Å². The Morgan fingerprint density at radius 2 is 1.90 bits per heavy atom. The molecule has 0 aliphatic rings.